The Hall–Kier alpha value is -2.40. The summed E-state index contributed by atoms with van der Waals surface area (Å²) < 4.78 is 0. The summed E-state index contributed by atoms with van der Waals surface area (Å²) in [6.45, 7) is 0. The Labute approximate surface area is 119 Å². The van der Waals surface area contributed by atoms with E-state index in [1.165, 1.54) is 29.6 Å². The Bertz CT molecular complexity index is 661. The number of aromatic nitrogens is 1. The van der Waals surface area contributed by atoms with Crippen molar-refractivity contribution in [2.45, 2.75) is 25.7 Å². The number of benzene rings is 1. The molecule has 2 aromatic rings. The summed E-state index contributed by atoms with van der Waals surface area (Å²) in [7, 11) is 0. The van der Waals surface area contributed by atoms with E-state index in [9.17, 15) is 0 Å². The second kappa shape index (κ2) is 5.71. The maximum Gasteiger partial charge on any atom is 0.0991 e. The summed E-state index contributed by atoms with van der Waals surface area (Å²) in [5, 5.41) is 8.90. The Morgan fingerprint density at radius 3 is 2.30 bits per heavy atom. The number of pyridine rings is 1. The molecule has 0 bridgehead atoms. The molecule has 1 heterocycles. The van der Waals surface area contributed by atoms with Crippen molar-refractivity contribution in [1.82, 2.24) is 4.98 Å². The normalized spacial score (nSPS) is 14.9. The quantitative estimate of drug-likeness (QED) is 0.800. The molecule has 20 heavy (non-hydrogen) atoms. The van der Waals surface area contributed by atoms with Crippen LogP contribution in [0.2, 0.25) is 0 Å². The predicted molar refractivity (Wildman–Crippen MR) is 80.7 cm³/mol. The lowest BCUT2D eigenvalue weighted by molar-refractivity contribution is 0.751. The van der Waals surface area contributed by atoms with E-state index in [2.05, 4.69) is 29.3 Å². The van der Waals surface area contributed by atoms with Crippen molar-refractivity contribution in [3.63, 3.8) is 0 Å². The zero-order chi connectivity index (χ0) is 13.8. The first-order valence-corrected chi connectivity index (χ1v) is 7.02. The van der Waals surface area contributed by atoms with Crippen molar-refractivity contribution >= 4 is 11.1 Å². The molecule has 3 rings (SSSR count). The highest BCUT2D eigenvalue weighted by molar-refractivity contribution is 5.90. The summed E-state index contributed by atoms with van der Waals surface area (Å²) in [5.74, 6) is 0. The smallest absolute Gasteiger partial charge is 0.0991 e. The number of hydrogen-bond acceptors (Lipinski definition) is 2. The maximum atomic E-state index is 8.90. The van der Waals surface area contributed by atoms with Gasteiger partial charge in [0.2, 0.25) is 0 Å². The molecule has 0 radical (unpaired) electrons. The van der Waals surface area contributed by atoms with Gasteiger partial charge in [-0.05, 0) is 66.7 Å². The summed E-state index contributed by atoms with van der Waals surface area (Å²) in [6.07, 6.45) is 6.49. The van der Waals surface area contributed by atoms with E-state index in [4.69, 9.17) is 5.26 Å². The summed E-state index contributed by atoms with van der Waals surface area (Å²) in [6, 6.07) is 16.2. The highest BCUT2D eigenvalue weighted by Gasteiger charge is 2.16. The molecule has 1 aromatic heterocycles. The fourth-order valence-electron chi connectivity index (χ4n) is 2.79. The summed E-state index contributed by atoms with van der Waals surface area (Å²) in [5.41, 5.74) is 5.78. The number of nitriles is 1. The van der Waals surface area contributed by atoms with Crippen LogP contribution in [-0.2, 0) is 0 Å². The molecule has 0 saturated carbocycles. The molecule has 0 N–H and O–H groups in total. The molecule has 98 valence electrons. The van der Waals surface area contributed by atoms with Crippen LogP contribution in [-0.4, -0.2) is 4.98 Å². The van der Waals surface area contributed by atoms with Crippen molar-refractivity contribution in [2.75, 3.05) is 0 Å². The molecule has 1 aliphatic carbocycles. The van der Waals surface area contributed by atoms with E-state index in [0.717, 1.165) is 18.5 Å². The largest absolute Gasteiger partial charge is 0.257 e. The second-order valence-corrected chi connectivity index (χ2v) is 5.07. The van der Waals surface area contributed by atoms with Gasteiger partial charge in [0.1, 0.15) is 0 Å². The van der Waals surface area contributed by atoms with Crippen LogP contribution in [0.1, 0.15) is 42.5 Å². The van der Waals surface area contributed by atoms with Crippen LogP contribution in [0, 0.1) is 11.3 Å². The fraction of sp³-hybridized carbons (Fsp3) is 0.222. The monoisotopic (exact) mass is 260 g/mol. The molecule has 0 saturated heterocycles. The molecule has 0 unspecified atom stereocenters. The minimum atomic E-state index is 0.713. The lowest BCUT2D eigenvalue weighted by Crippen LogP contribution is -2.00. The van der Waals surface area contributed by atoms with Crippen molar-refractivity contribution in [3.05, 3.63) is 65.5 Å². The average Bonchev–Trinajstić information content (AvgIpc) is 2.56. The molecular formula is C18H16N2. The first-order chi connectivity index (χ1) is 9.88. The van der Waals surface area contributed by atoms with Crippen LogP contribution in [0.3, 0.4) is 0 Å². The van der Waals surface area contributed by atoms with Crippen LogP contribution in [0.25, 0.3) is 11.1 Å². The van der Waals surface area contributed by atoms with Gasteiger partial charge in [0.15, 0.2) is 0 Å². The molecule has 0 amide bonds. The molecule has 0 fully saturated rings. The van der Waals surface area contributed by atoms with Gasteiger partial charge in [0.25, 0.3) is 0 Å². The lowest BCUT2D eigenvalue weighted by atomic mass is 9.85. The van der Waals surface area contributed by atoms with E-state index in [-0.39, 0.29) is 0 Å². The van der Waals surface area contributed by atoms with E-state index in [1.807, 2.05) is 30.5 Å². The third-order valence-corrected chi connectivity index (χ3v) is 3.80. The first-order valence-electron chi connectivity index (χ1n) is 7.02. The molecular weight excluding hydrogens is 244 g/mol. The summed E-state index contributed by atoms with van der Waals surface area (Å²) in [4.78, 5) is 4.50. The van der Waals surface area contributed by atoms with Crippen LogP contribution >= 0.6 is 0 Å². The van der Waals surface area contributed by atoms with Gasteiger partial charge in [-0.25, -0.2) is 0 Å². The molecule has 0 spiro atoms. The molecule has 0 aliphatic heterocycles. The zero-order valence-electron chi connectivity index (χ0n) is 11.3. The number of rotatable bonds is 2. The number of allylic oxidation sites excluding steroid dienone is 2. The standard InChI is InChI=1S/C18H16N2/c19-13-14-8-10-15(11-9-14)16-5-1-2-6-17(16)18-7-3-4-12-20-18/h3-4,7-12H,1-2,5-6H2. The topological polar surface area (TPSA) is 36.7 Å². The van der Waals surface area contributed by atoms with Crippen LogP contribution in [0.4, 0.5) is 0 Å². The van der Waals surface area contributed by atoms with Gasteiger partial charge >= 0.3 is 0 Å². The molecule has 2 heteroatoms. The minimum absolute atomic E-state index is 0.713. The van der Waals surface area contributed by atoms with Crippen LogP contribution < -0.4 is 0 Å². The van der Waals surface area contributed by atoms with Crippen LogP contribution in [0.5, 0.6) is 0 Å². The average molecular weight is 260 g/mol. The highest BCUT2D eigenvalue weighted by atomic mass is 14.7. The van der Waals surface area contributed by atoms with Gasteiger partial charge in [-0.15, -0.1) is 0 Å². The third-order valence-electron chi connectivity index (χ3n) is 3.80. The molecule has 2 nitrogen and oxygen atoms in total. The minimum Gasteiger partial charge on any atom is -0.257 e. The Kier molecular flexibility index (Phi) is 3.60. The van der Waals surface area contributed by atoms with Crippen LogP contribution in [0.15, 0.2) is 48.7 Å². The van der Waals surface area contributed by atoms with Crippen molar-refractivity contribution < 1.29 is 0 Å². The lowest BCUT2D eigenvalue weighted by Gasteiger charge is -2.20. The molecule has 0 atom stereocenters. The van der Waals surface area contributed by atoms with E-state index in [0.29, 0.717) is 5.56 Å². The van der Waals surface area contributed by atoms with Gasteiger partial charge in [0, 0.05) is 6.20 Å². The first kappa shape index (κ1) is 12.6. The van der Waals surface area contributed by atoms with Gasteiger partial charge in [-0.3, -0.25) is 4.98 Å². The van der Waals surface area contributed by atoms with Gasteiger partial charge < -0.3 is 0 Å². The van der Waals surface area contributed by atoms with Gasteiger partial charge in [0.05, 0.1) is 17.3 Å². The highest BCUT2D eigenvalue weighted by Crippen LogP contribution is 2.37. The Morgan fingerprint density at radius 1 is 0.900 bits per heavy atom. The number of hydrogen-bond donors (Lipinski definition) is 0. The summed E-state index contributed by atoms with van der Waals surface area (Å²) >= 11 is 0. The SMILES string of the molecule is N#Cc1ccc(C2=C(c3ccccn3)CCCC2)cc1. The van der Waals surface area contributed by atoms with E-state index < -0.39 is 0 Å². The fourth-order valence-corrected chi connectivity index (χ4v) is 2.79. The van der Waals surface area contributed by atoms with Crippen molar-refractivity contribution in [1.29, 1.82) is 5.26 Å². The Balaban J connectivity index is 2.07. The van der Waals surface area contributed by atoms with Crippen molar-refractivity contribution in [3.8, 4) is 6.07 Å². The van der Waals surface area contributed by atoms with E-state index >= 15 is 0 Å². The van der Waals surface area contributed by atoms with Gasteiger partial charge in [-0.1, -0.05) is 18.2 Å². The third kappa shape index (κ3) is 2.48. The van der Waals surface area contributed by atoms with E-state index in [1.54, 1.807) is 0 Å². The number of nitrogens with zero attached hydrogens (tertiary/aromatic N) is 2. The predicted octanol–water partition coefficient (Wildman–Crippen LogP) is 4.44. The molecule has 1 aromatic carbocycles. The van der Waals surface area contributed by atoms with Crippen molar-refractivity contribution in [2.24, 2.45) is 0 Å². The molecule has 1 aliphatic rings. The second-order valence-electron chi connectivity index (χ2n) is 5.07. The zero-order valence-corrected chi connectivity index (χ0v) is 11.3. The van der Waals surface area contributed by atoms with Gasteiger partial charge in [-0.2, -0.15) is 5.26 Å². The maximum absolute atomic E-state index is 8.90. The Morgan fingerprint density at radius 2 is 1.65 bits per heavy atom.